The maximum atomic E-state index is 11.9. The van der Waals surface area contributed by atoms with Crippen LogP contribution in [0, 0.1) is 0 Å². The van der Waals surface area contributed by atoms with Crippen molar-refractivity contribution in [1.29, 1.82) is 0 Å². The fraction of sp³-hybridized carbons (Fsp3) is 0.500. The number of amides is 3. The maximum absolute atomic E-state index is 11.9. The number of hydrogen-bond acceptors (Lipinski definition) is 5. The minimum Gasteiger partial charge on any atom is -0.453 e. The first-order chi connectivity index (χ1) is 10.1. The van der Waals surface area contributed by atoms with Crippen LogP contribution in [0.2, 0.25) is 0 Å². The molecule has 0 unspecified atom stereocenters. The second-order valence-corrected chi connectivity index (χ2v) is 5.82. The van der Waals surface area contributed by atoms with E-state index in [1.165, 1.54) is 11.8 Å². The van der Waals surface area contributed by atoms with Crippen molar-refractivity contribution in [1.82, 2.24) is 10.2 Å². The number of carbonyl (C=O) groups is 3. The first-order valence-electron chi connectivity index (χ1n) is 6.89. The van der Waals surface area contributed by atoms with Crippen LogP contribution in [-0.4, -0.2) is 42.0 Å². The third kappa shape index (κ3) is 4.29. The van der Waals surface area contributed by atoms with E-state index >= 15 is 0 Å². The molecule has 0 bridgehead atoms. The molecule has 1 fully saturated rings. The SMILES string of the molecule is C[C@@H](OC(=O)CCCc1cccs1)C(=O)N1CCNC1=O. The molecule has 0 radical (unpaired) electrons. The number of imide groups is 1. The highest BCUT2D eigenvalue weighted by atomic mass is 32.1. The molecule has 0 spiro atoms. The van der Waals surface area contributed by atoms with Crippen LogP contribution in [0.5, 0.6) is 0 Å². The number of carbonyl (C=O) groups excluding carboxylic acids is 3. The summed E-state index contributed by atoms with van der Waals surface area (Å²) in [6.07, 6.45) is 0.846. The van der Waals surface area contributed by atoms with Gasteiger partial charge in [0.05, 0.1) is 0 Å². The van der Waals surface area contributed by atoms with E-state index in [-0.39, 0.29) is 6.42 Å². The Hall–Kier alpha value is -1.89. The highest BCUT2D eigenvalue weighted by Gasteiger charge is 2.31. The highest BCUT2D eigenvalue weighted by molar-refractivity contribution is 7.09. The molecule has 1 aromatic heterocycles. The van der Waals surface area contributed by atoms with Gasteiger partial charge >= 0.3 is 12.0 Å². The van der Waals surface area contributed by atoms with Crippen molar-refractivity contribution >= 4 is 29.2 Å². The van der Waals surface area contributed by atoms with Crippen LogP contribution in [0.15, 0.2) is 17.5 Å². The van der Waals surface area contributed by atoms with E-state index < -0.39 is 24.0 Å². The topological polar surface area (TPSA) is 75.7 Å². The number of urea groups is 1. The van der Waals surface area contributed by atoms with Crippen LogP contribution in [0.3, 0.4) is 0 Å². The number of esters is 1. The van der Waals surface area contributed by atoms with Gasteiger partial charge < -0.3 is 10.1 Å². The Morgan fingerprint density at radius 2 is 2.33 bits per heavy atom. The summed E-state index contributed by atoms with van der Waals surface area (Å²) in [6, 6.07) is 3.56. The normalized spacial score (nSPS) is 15.7. The van der Waals surface area contributed by atoms with E-state index in [9.17, 15) is 14.4 Å². The van der Waals surface area contributed by atoms with Gasteiger partial charge in [-0.2, -0.15) is 0 Å². The van der Waals surface area contributed by atoms with E-state index in [2.05, 4.69) is 5.32 Å². The Morgan fingerprint density at radius 1 is 1.52 bits per heavy atom. The van der Waals surface area contributed by atoms with Crippen LogP contribution >= 0.6 is 11.3 Å². The first-order valence-corrected chi connectivity index (χ1v) is 7.77. The van der Waals surface area contributed by atoms with E-state index in [0.29, 0.717) is 19.5 Å². The molecular formula is C14H18N2O4S. The molecule has 1 aliphatic heterocycles. The van der Waals surface area contributed by atoms with Crippen molar-refractivity contribution in [2.45, 2.75) is 32.3 Å². The van der Waals surface area contributed by atoms with Gasteiger partial charge in [-0.3, -0.25) is 14.5 Å². The predicted octanol–water partition coefficient (Wildman–Crippen LogP) is 1.55. The van der Waals surface area contributed by atoms with E-state index in [1.807, 2.05) is 17.5 Å². The van der Waals surface area contributed by atoms with Gasteiger partial charge in [-0.1, -0.05) is 6.07 Å². The summed E-state index contributed by atoms with van der Waals surface area (Å²) in [7, 11) is 0. The van der Waals surface area contributed by atoms with Crippen molar-refractivity contribution in [2.75, 3.05) is 13.1 Å². The van der Waals surface area contributed by atoms with Crippen molar-refractivity contribution < 1.29 is 19.1 Å². The fourth-order valence-corrected chi connectivity index (χ4v) is 2.82. The molecule has 114 valence electrons. The van der Waals surface area contributed by atoms with Gasteiger partial charge in [0, 0.05) is 24.4 Å². The largest absolute Gasteiger partial charge is 0.453 e. The van der Waals surface area contributed by atoms with Crippen LogP contribution in [-0.2, 0) is 20.7 Å². The van der Waals surface area contributed by atoms with Crippen molar-refractivity contribution in [3.8, 4) is 0 Å². The zero-order valence-corrected chi connectivity index (χ0v) is 12.6. The first kappa shape index (κ1) is 15.5. The average Bonchev–Trinajstić information content (AvgIpc) is 3.09. The van der Waals surface area contributed by atoms with Crippen molar-refractivity contribution in [3.05, 3.63) is 22.4 Å². The summed E-state index contributed by atoms with van der Waals surface area (Å²) in [5, 5.41) is 4.53. The lowest BCUT2D eigenvalue weighted by Gasteiger charge is -2.18. The van der Waals surface area contributed by atoms with Gasteiger partial charge in [0.15, 0.2) is 6.10 Å². The lowest BCUT2D eigenvalue weighted by atomic mass is 10.2. The molecule has 0 saturated carbocycles. The molecule has 1 saturated heterocycles. The summed E-state index contributed by atoms with van der Waals surface area (Å²) < 4.78 is 5.09. The number of hydrogen-bond donors (Lipinski definition) is 1. The molecule has 1 aliphatic rings. The Labute approximate surface area is 127 Å². The number of nitrogens with one attached hydrogen (secondary N) is 1. The molecule has 0 aliphatic carbocycles. The van der Waals surface area contributed by atoms with Crippen LogP contribution in [0.25, 0.3) is 0 Å². The van der Waals surface area contributed by atoms with Gasteiger partial charge in [0.25, 0.3) is 5.91 Å². The smallest absolute Gasteiger partial charge is 0.324 e. The molecule has 21 heavy (non-hydrogen) atoms. The molecule has 2 heterocycles. The Bertz CT molecular complexity index is 515. The minimum atomic E-state index is -0.928. The second-order valence-electron chi connectivity index (χ2n) is 4.79. The summed E-state index contributed by atoms with van der Waals surface area (Å²) in [4.78, 5) is 37.3. The van der Waals surface area contributed by atoms with Gasteiger partial charge in [0.1, 0.15) is 0 Å². The van der Waals surface area contributed by atoms with Gasteiger partial charge in [-0.05, 0) is 31.2 Å². The summed E-state index contributed by atoms with van der Waals surface area (Å²) in [5.41, 5.74) is 0. The molecule has 0 aromatic carbocycles. The predicted molar refractivity (Wildman–Crippen MR) is 77.9 cm³/mol. The molecular weight excluding hydrogens is 292 g/mol. The summed E-state index contributed by atoms with van der Waals surface area (Å²) in [5.74, 6) is -0.886. The summed E-state index contributed by atoms with van der Waals surface area (Å²) >= 11 is 1.65. The van der Waals surface area contributed by atoms with Gasteiger partial charge in [-0.25, -0.2) is 4.79 Å². The zero-order chi connectivity index (χ0) is 15.2. The minimum absolute atomic E-state index is 0.266. The second kappa shape index (κ2) is 7.21. The number of thiophene rings is 1. The van der Waals surface area contributed by atoms with Crippen molar-refractivity contribution in [2.24, 2.45) is 0 Å². The monoisotopic (exact) mass is 310 g/mol. The molecule has 2 rings (SSSR count). The molecule has 1 aromatic rings. The third-order valence-electron chi connectivity index (χ3n) is 3.16. The molecule has 1 N–H and O–H groups in total. The van der Waals surface area contributed by atoms with Crippen LogP contribution in [0.4, 0.5) is 4.79 Å². The van der Waals surface area contributed by atoms with E-state index in [0.717, 1.165) is 11.3 Å². The number of rotatable bonds is 6. The fourth-order valence-electron chi connectivity index (χ4n) is 2.07. The van der Waals surface area contributed by atoms with E-state index in [4.69, 9.17) is 4.74 Å². The number of aryl methyl sites for hydroxylation is 1. The molecule has 6 nitrogen and oxygen atoms in total. The lowest BCUT2D eigenvalue weighted by Crippen LogP contribution is -2.41. The van der Waals surface area contributed by atoms with Crippen molar-refractivity contribution in [3.63, 3.8) is 0 Å². The van der Waals surface area contributed by atoms with Gasteiger partial charge in [-0.15, -0.1) is 11.3 Å². The number of ether oxygens (including phenoxy) is 1. The highest BCUT2D eigenvalue weighted by Crippen LogP contribution is 2.13. The Kier molecular flexibility index (Phi) is 5.32. The van der Waals surface area contributed by atoms with E-state index in [1.54, 1.807) is 11.3 Å². The van der Waals surface area contributed by atoms with Crippen LogP contribution < -0.4 is 5.32 Å². The third-order valence-corrected chi connectivity index (χ3v) is 4.10. The van der Waals surface area contributed by atoms with Crippen LogP contribution in [0.1, 0.15) is 24.6 Å². The molecule has 3 amide bonds. The van der Waals surface area contributed by atoms with Gasteiger partial charge in [0.2, 0.25) is 0 Å². The lowest BCUT2D eigenvalue weighted by molar-refractivity contribution is -0.157. The standard InChI is InChI=1S/C14H18N2O4S/c1-10(13(18)16-8-7-15-14(16)19)20-12(17)6-2-4-11-5-3-9-21-11/h3,5,9-10H,2,4,6-8H2,1H3,(H,15,19)/t10-/m1/s1. The molecule has 7 heteroatoms. The quantitative estimate of drug-likeness (QED) is 0.809. The Morgan fingerprint density at radius 3 is 2.95 bits per heavy atom. The maximum Gasteiger partial charge on any atom is 0.324 e. The zero-order valence-electron chi connectivity index (χ0n) is 11.8. The Balaban J connectivity index is 1.71. The number of nitrogens with zero attached hydrogens (tertiary/aromatic N) is 1. The summed E-state index contributed by atoms with van der Waals surface area (Å²) in [6.45, 7) is 2.25. The molecule has 1 atom stereocenters. The average molecular weight is 310 g/mol.